The van der Waals surface area contributed by atoms with Gasteiger partial charge in [-0.25, -0.2) is 4.98 Å². The molecule has 1 aliphatic rings. The highest BCUT2D eigenvalue weighted by Gasteiger charge is 2.37. The van der Waals surface area contributed by atoms with Gasteiger partial charge in [-0.1, -0.05) is 37.5 Å². The Labute approximate surface area is 205 Å². The molecule has 0 unspecified atom stereocenters. The van der Waals surface area contributed by atoms with Crippen molar-refractivity contribution in [2.75, 3.05) is 14.2 Å². The second-order valence-electron chi connectivity index (χ2n) is 9.34. The van der Waals surface area contributed by atoms with Crippen molar-refractivity contribution >= 4 is 16.8 Å². The molecule has 1 fully saturated rings. The van der Waals surface area contributed by atoms with Crippen LogP contribution in [0.15, 0.2) is 60.8 Å². The van der Waals surface area contributed by atoms with E-state index >= 15 is 0 Å². The number of ether oxygens (including phenoxy) is 2. The van der Waals surface area contributed by atoms with Crippen molar-refractivity contribution in [2.45, 2.75) is 44.6 Å². The third-order valence-electron chi connectivity index (χ3n) is 7.09. The Kier molecular flexibility index (Phi) is 6.20. The maximum Gasteiger partial charge on any atom is 0.252 e. The molecule has 1 aliphatic carbocycles. The highest BCUT2D eigenvalue weighted by Crippen LogP contribution is 2.39. The second-order valence-corrected chi connectivity index (χ2v) is 9.34. The summed E-state index contributed by atoms with van der Waals surface area (Å²) in [4.78, 5) is 21.8. The summed E-state index contributed by atoms with van der Waals surface area (Å²) >= 11 is 0. The number of carbonyl (C=O) groups is 1. The van der Waals surface area contributed by atoms with Gasteiger partial charge in [-0.15, -0.1) is 0 Å². The lowest BCUT2D eigenvalue weighted by atomic mass is 9.79. The molecule has 6 nitrogen and oxygen atoms in total. The summed E-state index contributed by atoms with van der Waals surface area (Å²) in [6.45, 7) is 2.12. The SMILES string of the molecule is COc1cc(OC)cc(C(=O)NC2(c3cc(-c4cc(C)c5ccccc5n4)c[nH]3)CCCCC2)c1. The first-order valence-corrected chi connectivity index (χ1v) is 12.1. The van der Waals surface area contributed by atoms with Crippen LogP contribution in [0.3, 0.4) is 0 Å². The number of hydrogen-bond donors (Lipinski definition) is 2. The zero-order valence-corrected chi connectivity index (χ0v) is 20.5. The van der Waals surface area contributed by atoms with E-state index in [1.165, 1.54) is 12.0 Å². The van der Waals surface area contributed by atoms with Gasteiger partial charge in [-0.3, -0.25) is 4.79 Å². The van der Waals surface area contributed by atoms with Crippen molar-refractivity contribution in [2.24, 2.45) is 0 Å². The van der Waals surface area contributed by atoms with Crippen LogP contribution < -0.4 is 14.8 Å². The number of amides is 1. The number of nitrogens with zero attached hydrogens (tertiary/aromatic N) is 1. The van der Waals surface area contributed by atoms with Crippen LogP contribution in [0.2, 0.25) is 0 Å². The van der Waals surface area contributed by atoms with Crippen LogP contribution in [0.25, 0.3) is 22.2 Å². The molecule has 0 bridgehead atoms. The van der Waals surface area contributed by atoms with E-state index in [1.807, 2.05) is 24.4 Å². The van der Waals surface area contributed by atoms with Gasteiger partial charge in [-0.2, -0.15) is 0 Å². The van der Waals surface area contributed by atoms with Crippen LogP contribution in [0, 0.1) is 6.92 Å². The van der Waals surface area contributed by atoms with Gasteiger partial charge in [0.15, 0.2) is 0 Å². The average molecular weight is 470 g/mol. The van der Waals surface area contributed by atoms with Gasteiger partial charge in [0.1, 0.15) is 11.5 Å². The third kappa shape index (κ3) is 4.48. The first-order chi connectivity index (χ1) is 17.0. The zero-order chi connectivity index (χ0) is 24.4. The number of rotatable bonds is 6. The maximum atomic E-state index is 13.4. The quantitative estimate of drug-likeness (QED) is 0.355. The van der Waals surface area contributed by atoms with Gasteiger partial charge in [-0.05, 0) is 55.7 Å². The predicted octanol–water partition coefficient (Wildman–Crippen LogP) is 6.14. The van der Waals surface area contributed by atoms with Crippen LogP contribution in [-0.2, 0) is 5.54 Å². The number of carbonyl (C=O) groups excluding carboxylic acids is 1. The normalized spacial score (nSPS) is 15.1. The number of aromatic nitrogens is 2. The number of hydrogen-bond acceptors (Lipinski definition) is 4. The van der Waals surface area contributed by atoms with Gasteiger partial charge >= 0.3 is 0 Å². The first kappa shape index (κ1) is 23.0. The molecule has 0 radical (unpaired) electrons. The lowest BCUT2D eigenvalue weighted by molar-refractivity contribution is 0.0862. The Morgan fingerprint density at radius 1 is 0.971 bits per heavy atom. The third-order valence-corrected chi connectivity index (χ3v) is 7.09. The van der Waals surface area contributed by atoms with Crippen LogP contribution in [0.1, 0.15) is 53.7 Å². The molecule has 1 amide bonds. The van der Waals surface area contributed by atoms with E-state index in [0.29, 0.717) is 17.1 Å². The number of aromatic amines is 1. The van der Waals surface area contributed by atoms with Crippen molar-refractivity contribution in [3.05, 3.63) is 77.6 Å². The topological polar surface area (TPSA) is 76.2 Å². The van der Waals surface area contributed by atoms with Crippen molar-refractivity contribution in [1.82, 2.24) is 15.3 Å². The highest BCUT2D eigenvalue weighted by molar-refractivity contribution is 5.95. The lowest BCUT2D eigenvalue weighted by Crippen LogP contribution is -2.47. The number of pyridine rings is 1. The Hall–Kier alpha value is -3.80. The van der Waals surface area contributed by atoms with Crippen LogP contribution in [0.5, 0.6) is 11.5 Å². The number of fused-ring (bicyclic) bond motifs is 1. The molecule has 2 heterocycles. The van der Waals surface area contributed by atoms with Crippen molar-refractivity contribution in [3.63, 3.8) is 0 Å². The molecule has 6 heteroatoms. The molecule has 2 aromatic heterocycles. The maximum absolute atomic E-state index is 13.4. The fourth-order valence-corrected chi connectivity index (χ4v) is 5.16. The minimum absolute atomic E-state index is 0.139. The summed E-state index contributed by atoms with van der Waals surface area (Å²) in [6, 6.07) is 17.7. The van der Waals surface area contributed by atoms with E-state index in [4.69, 9.17) is 14.5 Å². The molecule has 2 aromatic carbocycles. The molecule has 35 heavy (non-hydrogen) atoms. The van der Waals surface area contributed by atoms with E-state index in [1.54, 1.807) is 32.4 Å². The summed E-state index contributed by atoms with van der Waals surface area (Å²) in [6.07, 6.45) is 7.05. The number of aryl methyl sites for hydroxylation is 1. The summed E-state index contributed by atoms with van der Waals surface area (Å²) in [5.41, 5.74) is 5.21. The van der Waals surface area contributed by atoms with E-state index in [9.17, 15) is 4.79 Å². The lowest BCUT2D eigenvalue weighted by Gasteiger charge is -2.37. The van der Waals surface area contributed by atoms with E-state index < -0.39 is 5.54 Å². The number of H-pyrrole nitrogens is 1. The number of para-hydroxylation sites is 1. The minimum Gasteiger partial charge on any atom is -0.497 e. The van der Waals surface area contributed by atoms with Crippen LogP contribution in [0.4, 0.5) is 0 Å². The van der Waals surface area contributed by atoms with Gasteiger partial charge < -0.3 is 19.8 Å². The monoisotopic (exact) mass is 469 g/mol. The van der Waals surface area contributed by atoms with Crippen molar-refractivity contribution < 1.29 is 14.3 Å². The fraction of sp³-hybridized carbons (Fsp3) is 0.310. The van der Waals surface area contributed by atoms with E-state index in [0.717, 1.165) is 53.5 Å². The van der Waals surface area contributed by atoms with Gasteiger partial charge in [0.05, 0.1) is 31.0 Å². The first-order valence-electron chi connectivity index (χ1n) is 12.1. The summed E-state index contributed by atoms with van der Waals surface area (Å²) < 4.78 is 10.7. The Balaban J connectivity index is 1.49. The molecule has 0 atom stereocenters. The molecule has 0 aliphatic heterocycles. The fourth-order valence-electron chi connectivity index (χ4n) is 5.16. The summed E-state index contributed by atoms with van der Waals surface area (Å²) in [5, 5.41) is 4.54. The largest absolute Gasteiger partial charge is 0.497 e. The van der Waals surface area contributed by atoms with Crippen LogP contribution in [-0.4, -0.2) is 30.1 Å². The molecule has 4 aromatic rings. The smallest absolute Gasteiger partial charge is 0.252 e. The highest BCUT2D eigenvalue weighted by atomic mass is 16.5. The van der Waals surface area contributed by atoms with Gasteiger partial charge in [0, 0.05) is 34.5 Å². The van der Waals surface area contributed by atoms with Crippen LogP contribution >= 0.6 is 0 Å². The zero-order valence-electron chi connectivity index (χ0n) is 20.5. The van der Waals surface area contributed by atoms with Crippen molar-refractivity contribution in [3.8, 4) is 22.8 Å². The number of nitrogens with one attached hydrogen (secondary N) is 2. The molecular weight excluding hydrogens is 438 g/mol. The summed E-state index contributed by atoms with van der Waals surface area (Å²) in [5.74, 6) is 1.04. The molecule has 0 spiro atoms. The Morgan fingerprint density at radius 3 is 2.40 bits per heavy atom. The Bertz CT molecular complexity index is 1350. The molecule has 2 N–H and O–H groups in total. The number of methoxy groups -OCH3 is 2. The average Bonchev–Trinajstić information content (AvgIpc) is 3.40. The molecule has 5 rings (SSSR count). The number of benzene rings is 2. The molecular formula is C29H31N3O3. The van der Waals surface area contributed by atoms with Crippen molar-refractivity contribution in [1.29, 1.82) is 0 Å². The molecule has 0 saturated heterocycles. The summed E-state index contributed by atoms with van der Waals surface area (Å²) in [7, 11) is 3.17. The standard InChI is InChI=1S/C29H31N3O3/c1-19-13-26(31-25-10-6-5-9-24(19)25)21-16-27(30-18-21)29(11-7-4-8-12-29)32-28(33)20-14-22(34-2)17-23(15-20)35-3/h5-6,9-10,13-18,30H,4,7-8,11-12H2,1-3H3,(H,32,33). The molecule has 180 valence electrons. The van der Waals surface area contributed by atoms with E-state index in [-0.39, 0.29) is 5.91 Å². The predicted molar refractivity (Wildman–Crippen MR) is 138 cm³/mol. The van der Waals surface area contributed by atoms with Gasteiger partial charge in [0.2, 0.25) is 0 Å². The van der Waals surface area contributed by atoms with Gasteiger partial charge in [0.25, 0.3) is 5.91 Å². The van der Waals surface area contributed by atoms with E-state index in [2.05, 4.69) is 35.4 Å². The molecule has 1 saturated carbocycles. The Morgan fingerprint density at radius 2 is 1.69 bits per heavy atom. The minimum atomic E-state index is -0.463. The second kappa shape index (κ2) is 9.45.